The molecule has 5 heteroatoms. The van der Waals surface area contributed by atoms with Crippen molar-refractivity contribution in [3.8, 4) is 0 Å². The molecule has 0 radical (unpaired) electrons. The highest BCUT2D eigenvalue weighted by molar-refractivity contribution is 8.04. The van der Waals surface area contributed by atoms with Crippen molar-refractivity contribution in [1.29, 1.82) is 0 Å². The molecule has 0 aromatic heterocycles. The molecule has 2 aliphatic heterocycles. The smallest absolute Gasteiger partial charge is 0.120 e. The number of rotatable bonds is 1. The molecule has 0 bridgehead atoms. The van der Waals surface area contributed by atoms with E-state index in [1.807, 2.05) is 19.9 Å². The van der Waals surface area contributed by atoms with Gasteiger partial charge >= 0.3 is 0 Å². The van der Waals surface area contributed by atoms with Crippen LogP contribution >= 0.6 is 11.8 Å². The molecule has 0 spiro atoms. The van der Waals surface area contributed by atoms with Crippen LogP contribution in [-0.4, -0.2) is 28.0 Å². The van der Waals surface area contributed by atoms with Crippen LogP contribution in [0.1, 0.15) is 13.8 Å². The second-order valence-electron chi connectivity index (χ2n) is 3.10. The molecule has 2 heterocycles. The van der Waals surface area contributed by atoms with Crippen molar-refractivity contribution in [2.45, 2.75) is 25.1 Å². The molecule has 2 rings (SSSR count). The highest BCUT2D eigenvalue weighted by Gasteiger charge is 2.32. The summed E-state index contributed by atoms with van der Waals surface area (Å²) in [6.07, 6.45) is 1.93. The number of thioether (sulfide) groups is 1. The van der Waals surface area contributed by atoms with Gasteiger partial charge in [-0.25, -0.2) is 4.99 Å². The summed E-state index contributed by atoms with van der Waals surface area (Å²) in [5.74, 6) is 0.815. The number of amidine groups is 1. The van der Waals surface area contributed by atoms with Crippen molar-refractivity contribution in [1.82, 2.24) is 5.48 Å². The number of nitrogens with zero attached hydrogens (tertiary/aromatic N) is 2. The number of hydrogen-bond donors (Lipinski definition) is 2. The SMILES string of the molecule is CC1=NC2C=C(NO)SC2C(C)=N1. The average molecular weight is 197 g/mol. The lowest BCUT2D eigenvalue weighted by Gasteiger charge is -2.19. The first-order chi connectivity index (χ1) is 6.20. The lowest BCUT2D eigenvalue weighted by molar-refractivity contribution is 0.210. The predicted molar refractivity (Wildman–Crippen MR) is 54.4 cm³/mol. The zero-order chi connectivity index (χ0) is 9.42. The Morgan fingerprint density at radius 3 is 3.00 bits per heavy atom. The minimum atomic E-state index is 0.136. The van der Waals surface area contributed by atoms with Crippen molar-refractivity contribution in [2.75, 3.05) is 0 Å². The number of hydroxylamine groups is 1. The van der Waals surface area contributed by atoms with E-state index in [1.165, 1.54) is 0 Å². The van der Waals surface area contributed by atoms with Gasteiger partial charge in [0.2, 0.25) is 0 Å². The summed E-state index contributed by atoms with van der Waals surface area (Å²) >= 11 is 1.57. The van der Waals surface area contributed by atoms with Crippen molar-refractivity contribution in [3.05, 3.63) is 11.1 Å². The maximum atomic E-state index is 8.74. The quantitative estimate of drug-likeness (QED) is 0.621. The molecule has 0 fully saturated rings. The monoisotopic (exact) mass is 197 g/mol. The molecule has 70 valence electrons. The van der Waals surface area contributed by atoms with E-state index >= 15 is 0 Å². The molecule has 0 aromatic rings. The van der Waals surface area contributed by atoms with Crippen LogP contribution in [0.2, 0.25) is 0 Å². The van der Waals surface area contributed by atoms with E-state index in [2.05, 4.69) is 15.5 Å². The van der Waals surface area contributed by atoms with Crippen molar-refractivity contribution in [2.24, 2.45) is 9.98 Å². The fourth-order valence-corrected chi connectivity index (χ4v) is 2.60. The summed E-state index contributed by atoms with van der Waals surface area (Å²) < 4.78 is 0. The van der Waals surface area contributed by atoms with Gasteiger partial charge in [-0.05, 0) is 19.9 Å². The Morgan fingerprint density at radius 2 is 2.31 bits per heavy atom. The molecular weight excluding hydrogens is 186 g/mol. The summed E-state index contributed by atoms with van der Waals surface area (Å²) in [7, 11) is 0. The number of fused-ring (bicyclic) bond motifs is 1. The first-order valence-electron chi connectivity index (χ1n) is 4.09. The van der Waals surface area contributed by atoms with Gasteiger partial charge in [0.15, 0.2) is 0 Å². The fraction of sp³-hybridized carbons (Fsp3) is 0.500. The van der Waals surface area contributed by atoms with Gasteiger partial charge in [0.1, 0.15) is 5.84 Å². The molecule has 0 amide bonds. The van der Waals surface area contributed by atoms with E-state index in [0.29, 0.717) is 0 Å². The summed E-state index contributed by atoms with van der Waals surface area (Å²) in [5.41, 5.74) is 3.23. The van der Waals surface area contributed by atoms with Crippen LogP contribution in [-0.2, 0) is 0 Å². The van der Waals surface area contributed by atoms with E-state index in [1.54, 1.807) is 11.8 Å². The Kier molecular flexibility index (Phi) is 2.13. The fourth-order valence-electron chi connectivity index (χ4n) is 1.55. The topological polar surface area (TPSA) is 57.0 Å². The molecule has 4 nitrogen and oxygen atoms in total. The Morgan fingerprint density at radius 1 is 1.54 bits per heavy atom. The van der Waals surface area contributed by atoms with Gasteiger partial charge in [0.05, 0.1) is 16.3 Å². The Labute approximate surface area is 80.8 Å². The molecule has 2 N–H and O–H groups in total. The minimum Gasteiger partial charge on any atom is -0.291 e. The van der Waals surface area contributed by atoms with Crippen LogP contribution < -0.4 is 5.48 Å². The van der Waals surface area contributed by atoms with E-state index < -0.39 is 0 Å². The standard InChI is InChI=1S/C8H11N3OS/c1-4-8-6(10-5(2)9-4)3-7(11-12)13-8/h3,6,8,11-12H,1-2H3. The lowest BCUT2D eigenvalue weighted by atomic mass is 10.1. The highest BCUT2D eigenvalue weighted by atomic mass is 32.2. The van der Waals surface area contributed by atoms with Crippen LogP contribution in [0.25, 0.3) is 0 Å². The summed E-state index contributed by atoms with van der Waals surface area (Å²) in [6, 6.07) is 0.136. The Hall–Kier alpha value is -0.810. The summed E-state index contributed by atoms with van der Waals surface area (Å²) in [5, 5.41) is 9.77. The third-order valence-corrected chi connectivity index (χ3v) is 3.44. The van der Waals surface area contributed by atoms with E-state index in [4.69, 9.17) is 5.21 Å². The van der Waals surface area contributed by atoms with Crippen LogP contribution in [0.4, 0.5) is 0 Å². The molecule has 0 saturated carbocycles. The molecule has 2 aliphatic rings. The van der Waals surface area contributed by atoms with Crippen LogP contribution in [0.5, 0.6) is 0 Å². The normalized spacial score (nSPS) is 31.8. The van der Waals surface area contributed by atoms with Crippen molar-refractivity contribution < 1.29 is 5.21 Å². The zero-order valence-corrected chi connectivity index (χ0v) is 8.30. The van der Waals surface area contributed by atoms with Gasteiger partial charge in [-0.2, -0.15) is 0 Å². The Balaban J connectivity index is 2.26. The molecule has 2 atom stereocenters. The highest BCUT2D eigenvalue weighted by Crippen LogP contribution is 2.34. The Bertz CT molecular complexity index is 321. The van der Waals surface area contributed by atoms with Crippen LogP contribution in [0, 0.1) is 0 Å². The molecular formula is C8H11N3OS. The van der Waals surface area contributed by atoms with Gasteiger partial charge in [-0.15, -0.1) is 0 Å². The predicted octanol–water partition coefficient (Wildman–Crippen LogP) is 1.18. The lowest BCUT2D eigenvalue weighted by Crippen LogP contribution is -2.28. The second kappa shape index (κ2) is 3.16. The third kappa shape index (κ3) is 1.49. The molecule has 2 unspecified atom stereocenters. The van der Waals surface area contributed by atoms with E-state index in [9.17, 15) is 0 Å². The van der Waals surface area contributed by atoms with Crippen LogP contribution in [0.15, 0.2) is 21.1 Å². The largest absolute Gasteiger partial charge is 0.291 e. The number of hydrogen-bond acceptors (Lipinski definition) is 5. The first kappa shape index (κ1) is 8.77. The van der Waals surface area contributed by atoms with Gasteiger partial charge in [-0.1, -0.05) is 11.8 Å². The molecule has 0 aliphatic carbocycles. The maximum absolute atomic E-state index is 8.74. The summed E-state index contributed by atoms with van der Waals surface area (Å²) in [4.78, 5) is 8.67. The van der Waals surface area contributed by atoms with E-state index in [-0.39, 0.29) is 11.3 Å². The van der Waals surface area contributed by atoms with Gasteiger partial charge in [0, 0.05) is 5.71 Å². The molecule has 0 aromatic carbocycles. The average Bonchev–Trinajstić information content (AvgIpc) is 2.47. The molecule has 13 heavy (non-hydrogen) atoms. The third-order valence-electron chi connectivity index (χ3n) is 2.08. The van der Waals surface area contributed by atoms with Gasteiger partial charge < -0.3 is 0 Å². The van der Waals surface area contributed by atoms with E-state index in [0.717, 1.165) is 16.6 Å². The maximum Gasteiger partial charge on any atom is 0.120 e. The van der Waals surface area contributed by atoms with Crippen molar-refractivity contribution >= 4 is 23.3 Å². The second-order valence-corrected chi connectivity index (χ2v) is 4.28. The number of nitrogens with one attached hydrogen (secondary N) is 1. The molecule has 0 saturated heterocycles. The van der Waals surface area contributed by atoms with Gasteiger partial charge in [-0.3, -0.25) is 15.7 Å². The van der Waals surface area contributed by atoms with Crippen molar-refractivity contribution in [3.63, 3.8) is 0 Å². The summed E-state index contributed by atoms with van der Waals surface area (Å²) in [6.45, 7) is 3.89. The van der Waals surface area contributed by atoms with Gasteiger partial charge in [0.25, 0.3) is 0 Å². The first-order valence-corrected chi connectivity index (χ1v) is 4.97. The minimum absolute atomic E-state index is 0.136. The van der Waals surface area contributed by atoms with Crippen LogP contribution in [0.3, 0.4) is 0 Å². The number of aliphatic imine (C=N–C) groups is 2. The zero-order valence-electron chi connectivity index (χ0n) is 7.48.